The average molecular weight is 259 g/mol. The van der Waals surface area contributed by atoms with Gasteiger partial charge in [0.05, 0.1) is 0 Å². The van der Waals surface area contributed by atoms with E-state index in [1.165, 1.54) is 12.1 Å². The largest absolute Gasteiger partial charge is 0.573 e. The number of aromatic nitrogens is 1. The fourth-order valence-corrected chi connectivity index (χ4v) is 1.22. The van der Waals surface area contributed by atoms with Crippen LogP contribution in [0.5, 0.6) is 17.4 Å². The van der Waals surface area contributed by atoms with Crippen molar-refractivity contribution in [2.24, 2.45) is 0 Å². The van der Waals surface area contributed by atoms with Crippen molar-refractivity contribution in [3.63, 3.8) is 0 Å². The highest BCUT2D eigenvalue weighted by Gasteiger charge is 2.30. The highest BCUT2D eigenvalue weighted by atomic mass is 19.4. The van der Waals surface area contributed by atoms with Crippen LogP contribution >= 0.6 is 0 Å². The van der Waals surface area contributed by atoms with E-state index in [0.29, 0.717) is 11.5 Å². The quantitative estimate of drug-likeness (QED) is 0.843. The van der Waals surface area contributed by atoms with Crippen LogP contribution in [0.25, 0.3) is 0 Å². The number of ether oxygens (including phenoxy) is 2. The van der Waals surface area contributed by atoms with Gasteiger partial charge in [-0.2, -0.15) is 0 Å². The second-order valence-electron chi connectivity index (χ2n) is 3.40. The van der Waals surface area contributed by atoms with E-state index in [0.717, 1.165) is 12.1 Å². The van der Waals surface area contributed by atoms with Crippen LogP contribution in [0.3, 0.4) is 0 Å². The Morgan fingerprint density at radius 1 is 1.11 bits per heavy atom. The van der Waals surface area contributed by atoms with E-state index in [1.54, 1.807) is 13.0 Å². The SMILES string of the molecule is Cc1cc(Oc2ccc(OC(F)(F)F)cc2)no1. The van der Waals surface area contributed by atoms with Gasteiger partial charge in [0.15, 0.2) is 0 Å². The van der Waals surface area contributed by atoms with Crippen molar-refractivity contribution in [1.82, 2.24) is 5.16 Å². The number of hydrogen-bond donors (Lipinski definition) is 0. The van der Waals surface area contributed by atoms with Gasteiger partial charge in [0, 0.05) is 6.07 Å². The highest BCUT2D eigenvalue weighted by molar-refractivity contribution is 5.33. The fraction of sp³-hybridized carbons (Fsp3) is 0.182. The molecule has 1 aromatic carbocycles. The zero-order chi connectivity index (χ0) is 13.2. The van der Waals surface area contributed by atoms with Crippen LogP contribution in [0.4, 0.5) is 13.2 Å². The number of alkyl halides is 3. The molecule has 1 aromatic heterocycles. The summed E-state index contributed by atoms with van der Waals surface area (Å²) in [5, 5.41) is 3.58. The molecule has 0 saturated heterocycles. The van der Waals surface area contributed by atoms with Gasteiger partial charge in [0.1, 0.15) is 17.3 Å². The van der Waals surface area contributed by atoms with Crippen molar-refractivity contribution < 1.29 is 27.2 Å². The Morgan fingerprint density at radius 2 is 1.72 bits per heavy atom. The first kappa shape index (κ1) is 12.3. The van der Waals surface area contributed by atoms with Crippen LogP contribution in [-0.4, -0.2) is 11.5 Å². The normalized spacial score (nSPS) is 11.3. The molecule has 0 aliphatic carbocycles. The number of halogens is 3. The van der Waals surface area contributed by atoms with E-state index in [2.05, 4.69) is 9.89 Å². The van der Waals surface area contributed by atoms with E-state index in [9.17, 15) is 13.2 Å². The Bertz CT molecular complexity index is 519. The third kappa shape index (κ3) is 3.41. The molecule has 18 heavy (non-hydrogen) atoms. The van der Waals surface area contributed by atoms with Gasteiger partial charge in [-0.15, -0.1) is 13.2 Å². The van der Waals surface area contributed by atoms with Crippen LogP contribution in [0.2, 0.25) is 0 Å². The first-order chi connectivity index (χ1) is 8.42. The van der Waals surface area contributed by atoms with E-state index >= 15 is 0 Å². The third-order valence-electron chi connectivity index (χ3n) is 1.89. The Hall–Kier alpha value is -2.18. The molecular formula is C11H8F3NO3. The molecule has 4 nitrogen and oxygen atoms in total. The lowest BCUT2D eigenvalue weighted by atomic mass is 10.3. The molecule has 0 fully saturated rings. The molecule has 7 heteroatoms. The summed E-state index contributed by atoms with van der Waals surface area (Å²) in [6.07, 6.45) is -4.70. The summed E-state index contributed by atoms with van der Waals surface area (Å²) < 4.78 is 49.5. The predicted octanol–water partition coefficient (Wildman–Crippen LogP) is 3.67. The van der Waals surface area contributed by atoms with Crippen molar-refractivity contribution in [3.8, 4) is 17.4 Å². The number of rotatable bonds is 3. The molecular weight excluding hydrogens is 251 g/mol. The molecule has 2 aromatic rings. The minimum absolute atomic E-state index is 0.233. The van der Waals surface area contributed by atoms with Crippen molar-refractivity contribution in [2.45, 2.75) is 13.3 Å². The standard InChI is InChI=1S/C11H8F3NO3/c1-7-6-10(15-18-7)16-8-2-4-9(5-3-8)17-11(12,13)14/h2-6H,1H3. The van der Waals surface area contributed by atoms with E-state index in [-0.39, 0.29) is 11.6 Å². The lowest BCUT2D eigenvalue weighted by Gasteiger charge is -2.08. The molecule has 0 atom stereocenters. The molecule has 2 rings (SSSR count). The zero-order valence-corrected chi connectivity index (χ0v) is 9.19. The van der Waals surface area contributed by atoms with Crippen LogP contribution < -0.4 is 9.47 Å². The summed E-state index contributed by atoms with van der Waals surface area (Å²) >= 11 is 0. The molecule has 0 radical (unpaired) electrons. The zero-order valence-electron chi connectivity index (χ0n) is 9.19. The smallest absolute Gasteiger partial charge is 0.436 e. The summed E-state index contributed by atoms with van der Waals surface area (Å²) in [5.41, 5.74) is 0. The number of aryl methyl sites for hydroxylation is 1. The molecule has 0 bridgehead atoms. The molecule has 0 spiro atoms. The summed E-state index contributed by atoms with van der Waals surface area (Å²) in [4.78, 5) is 0. The Balaban J connectivity index is 2.04. The predicted molar refractivity (Wildman–Crippen MR) is 54.4 cm³/mol. The van der Waals surface area contributed by atoms with Gasteiger partial charge in [-0.1, -0.05) is 0 Å². The summed E-state index contributed by atoms with van der Waals surface area (Å²) in [7, 11) is 0. The van der Waals surface area contributed by atoms with Gasteiger partial charge in [-0.25, -0.2) is 0 Å². The molecule has 0 N–H and O–H groups in total. The Labute approximate surface area is 99.9 Å². The van der Waals surface area contributed by atoms with Gasteiger partial charge in [0.25, 0.3) is 5.88 Å². The molecule has 0 unspecified atom stereocenters. The topological polar surface area (TPSA) is 44.5 Å². The Morgan fingerprint density at radius 3 is 2.22 bits per heavy atom. The second-order valence-corrected chi connectivity index (χ2v) is 3.40. The summed E-state index contributed by atoms with van der Waals surface area (Å²) in [6.45, 7) is 1.69. The number of nitrogens with zero attached hydrogens (tertiary/aromatic N) is 1. The number of hydrogen-bond acceptors (Lipinski definition) is 4. The van der Waals surface area contributed by atoms with Gasteiger partial charge in [0.2, 0.25) is 0 Å². The third-order valence-corrected chi connectivity index (χ3v) is 1.89. The minimum atomic E-state index is -4.70. The van der Waals surface area contributed by atoms with Gasteiger partial charge < -0.3 is 14.0 Å². The molecule has 1 heterocycles. The summed E-state index contributed by atoms with van der Waals surface area (Å²) in [6, 6.07) is 6.53. The van der Waals surface area contributed by atoms with Gasteiger partial charge in [-0.05, 0) is 36.3 Å². The Kier molecular flexibility index (Phi) is 3.14. The minimum Gasteiger partial charge on any atom is -0.436 e. The van der Waals surface area contributed by atoms with E-state index < -0.39 is 6.36 Å². The monoisotopic (exact) mass is 259 g/mol. The van der Waals surface area contributed by atoms with E-state index in [4.69, 9.17) is 9.26 Å². The highest BCUT2D eigenvalue weighted by Crippen LogP contribution is 2.26. The van der Waals surface area contributed by atoms with Gasteiger partial charge in [-0.3, -0.25) is 0 Å². The van der Waals surface area contributed by atoms with E-state index in [1.807, 2.05) is 0 Å². The van der Waals surface area contributed by atoms with Crippen molar-refractivity contribution in [1.29, 1.82) is 0 Å². The first-order valence-corrected chi connectivity index (χ1v) is 4.89. The van der Waals surface area contributed by atoms with Crippen molar-refractivity contribution >= 4 is 0 Å². The van der Waals surface area contributed by atoms with Crippen LogP contribution in [0.15, 0.2) is 34.9 Å². The summed E-state index contributed by atoms with van der Waals surface area (Å²) in [5.74, 6) is 0.822. The molecule has 0 aliphatic rings. The molecule has 0 aliphatic heterocycles. The maximum atomic E-state index is 11.9. The van der Waals surface area contributed by atoms with Crippen LogP contribution in [0, 0.1) is 6.92 Å². The van der Waals surface area contributed by atoms with Crippen LogP contribution in [0.1, 0.15) is 5.76 Å². The fourth-order valence-electron chi connectivity index (χ4n) is 1.22. The lowest BCUT2D eigenvalue weighted by Crippen LogP contribution is -2.16. The maximum Gasteiger partial charge on any atom is 0.573 e. The lowest BCUT2D eigenvalue weighted by molar-refractivity contribution is -0.274. The first-order valence-electron chi connectivity index (χ1n) is 4.89. The van der Waals surface area contributed by atoms with Crippen LogP contribution in [-0.2, 0) is 0 Å². The molecule has 0 amide bonds. The second kappa shape index (κ2) is 4.59. The molecule has 96 valence electrons. The van der Waals surface area contributed by atoms with Gasteiger partial charge >= 0.3 is 6.36 Å². The molecule has 0 saturated carbocycles. The van der Waals surface area contributed by atoms with Crippen molar-refractivity contribution in [2.75, 3.05) is 0 Å². The maximum absolute atomic E-state index is 11.9. The van der Waals surface area contributed by atoms with Crippen molar-refractivity contribution in [3.05, 3.63) is 36.1 Å². The average Bonchev–Trinajstić information content (AvgIpc) is 2.65. The number of benzene rings is 1.